The number of benzene rings is 1. The van der Waals surface area contributed by atoms with E-state index in [0.29, 0.717) is 11.8 Å². The molecule has 1 aliphatic rings. The van der Waals surface area contributed by atoms with Crippen LogP contribution in [0.3, 0.4) is 0 Å². The zero-order valence-corrected chi connectivity index (χ0v) is 13.9. The van der Waals surface area contributed by atoms with E-state index >= 15 is 0 Å². The smallest absolute Gasteiger partial charge is 0.260 e. The lowest BCUT2D eigenvalue weighted by atomic mass is 9.99. The number of carbonyl (C=O) groups is 1. The minimum Gasteiger partial charge on any atom is -0.484 e. The molecule has 0 N–H and O–H groups in total. The fraction of sp³-hybridized carbons (Fsp3) is 0.611. The number of methoxy groups -OCH3 is 1. The molecule has 22 heavy (non-hydrogen) atoms. The van der Waals surface area contributed by atoms with Crippen LogP contribution < -0.4 is 4.74 Å². The summed E-state index contributed by atoms with van der Waals surface area (Å²) in [4.78, 5) is 14.2. The molecule has 1 saturated heterocycles. The zero-order chi connectivity index (χ0) is 15.9. The van der Waals surface area contributed by atoms with E-state index < -0.39 is 0 Å². The van der Waals surface area contributed by atoms with E-state index in [9.17, 15) is 4.79 Å². The second-order valence-electron chi connectivity index (χ2n) is 6.32. The third kappa shape index (κ3) is 4.73. The van der Waals surface area contributed by atoms with Crippen molar-refractivity contribution in [1.82, 2.24) is 4.90 Å². The predicted molar refractivity (Wildman–Crippen MR) is 87.2 cm³/mol. The second-order valence-corrected chi connectivity index (χ2v) is 6.32. The molecule has 0 aromatic heterocycles. The highest BCUT2D eigenvalue weighted by Gasteiger charge is 2.23. The Morgan fingerprint density at radius 1 is 1.32 bits per heavy atom. The van der Waals surface area contributed by atoms with Gasteiger partial charge in [0, 0.05) is 20.2 Å². The summed E-state index contributed by atoms with van der Waals surface area (Å²) in [5.74, 6) is 1.77. The summed E-state index contributed by atoms with van der Waals surface area (Å²) < 4.78 is 10.8. The van der Waals surface area contributed by atoms with Gasteiger partial charge in [-0.05, 0) is 42.4 Å². The monoisotopic (exact) mass is 305 g/mol. The predicted octanol–water partition coefficient (Wildman–Crippen LogP) is 3.07. The van der Waals surface area contributed by atoms with Gasteiger partial charge < -0.3 is 14.4 Å². The van der Waals surface area contributed by atoms with Gasteiger partial charge in [-0.25, -0.2) is 0 Å². The number of hydrogen-bond acceptors (Lipinski definition) is 3. The van der Waals surface area contributed by atoms with Crippen LogP contribution in [-0.4, -0.2) is 44.2 Å². The fourth-order valence-corrected chi connectivity index (χ4v) is 2.85. The number of nitrogens with zero attached hydrogens (tertiary/aromatic N) is 1. The van der Waals surface area contributed by atoms with Crippen LogP contribution in [0, 0.1) is 5.92 Å². The molecule has 0 saturated carbocycles. The molecule has 0 aliphatic carbocycles. The molecule has 1 amide bonds. The number of amides is 1. The molecule has 4 heteroatoms. The summed E-state index contributed by atoms with van der Waals surface area (Å²) in [6.45, 7) is 6.76. The maximum absolute atomic E-state index is 12.3. The van der Waals surface area contributed by atoms with Gasteiger partial charge in [0.15, 0.2) is 6.61 Å². The minimum atomic E-state index is 0.0636. The van der Waals surface area contributed by atoms with Gasteiger partial charge in [-0.1, -0.05) is 26.0 Å². The number of ether oxygens (including phenoxy) is 2. The second kappa shape index (κ2) is 8.18. The largest absolute Gasteiger partial charge is 0.484 e. The number of carbonyl (C=O) groups excluding carboxylic acids is 1. The van der Waals surface area contributed by atoms with Crippen molar-refractivity contribution in [1.29, 1.82) is 0 Å². The Morgan fingerprint density at radius 2 is 2.05 bits per heavy atom. The lowest BCUT2D eigenvalue weighted by molar-refractivity contribution is -0.135. The van der Waals surface area contributed by atoms with E-state index in [4.69, 9.17) is 9.47 Å². The van der Waals surface area contributed by atoms with Crippen LogP contribution in [-0.2, 0) is 9.53 Å². The summed E-state index contributed by atoms with van der Waals surface area (Å²) in [7, 11) is 1.71. The van der Waals surface area contributed by atoms with Crippen molar-refractivity contribution >= 4 is 5.91 Å². The lowest BCUT2D eigenvalue weighted by Crippen LogP contribution is -2.43. The topological polar surface area (TPSA) is 38.8 Å². The van der Waals surface area contributed by atoms with E-state index in [2.05, 4.69) is 26.0 Å². The van der Waals surface area contributed by atoms with E-state index in [0.717, 1.165) is 38.3 Å². The van der Waals surface area contributed by atoms with E-state index in [-0.39, 0.29) is 12.5 Å². The number of piperidine rings is 1. The Bertz CT molecular complexity index is 468. The molecule has 1 aliphatic heterocycles. The van der Waals surface area contributed by atoms with Crippen LogP contribution in [0.15, 0.2) is 24.3 Å². The highest BCUT2D eigenvalue weighted by atomic mass is 16.5. The van der Waals surface area contributed by atoms with Gasteiger partial charge in [-0.15, -0.1) is 0 Å². The van der Waals surface area contributed by atoms with Crippen LogP contribution in [0.2, 0.25) is 0 Å². The summed E-state index contributed by atoms with van der Waals surface area (Å²) in [5.41, 5.74) is 1.28. The quantitative estimate of drug-likeness (QED) is 0.811. The van der Waals surface area contributed by atoms with Crippen molar-refractivity contribution < 1.29 is 14.3 Å². The minimum absolute atomic E-state index is 0.0636. The SMILES string of the molecule is COCC1CCCN(C(=O)COc2ccc(C(C)C)cc2)C1. The molecule has 122 valence electrons. The highest BCUT2D eigenvalue weighted by Crippen LogP contribution is 2.19. The van der Waals surface area contributed by atoms with Gasteiger partial charge in [0.2, 0.25) is 0 Å². The standard InChI is InChI=1S/C18H27NO3/c1-14(2)16-6-8-17(9-7-16)22-13-18(20)19-10-4-5-15(11-19)12-21-3/h6-9,14-15H,4-5,10-13H2,1-3H3. The van der Waals surface area contributed by atoms with Crippen LogP contribution in [0.4, 0.5) is 0 Å². The van der Waals surface area contributed by atoms with Crippen molar-refractivity contribution in [3.8, 4) is 5.75 Å². The highest BCUT2D eigenvalue weighted by molar-refractivity contribution is 5.77. The fourth-order valence-electron chi connectivity index (χ4n) is 2.85. The maximum atomic E-state index is 12.3. The molecule has 2 rings (SSSR count). The van der Waals surface area contributed by atoms with Gasteiger partial charge >= 0.3 is 0 Å². The number of hydrogen-bond donors (Lipinski definition) is 0. The first-order valence-electron chi connectivity index (χ1n) is 8.09. The average Bonchev–Trinajstić information content (AvgIpc) is 2.53. The van der Waals surface area contributed by atoms with Crippen LogP contribution in [0.25, 0.3) is 0 Å². The molecular weight excluding hydrogens is 278 g/mol. The molecule has 1 aromatic rings. The number of likely N-dealkylation sites (tertiary alicyclic amines) is 1. The summed E-state index contributed by atoms with van der Waals surface area (Å²) >= 11 is 0. The van der Waals surface area contributed by atoms with Gasteiger partial charge in [0.1, 0.15) is 5.75 Å². The lowest BCUT2D eigenvalue weighted by Gasteiger charge is -2.32. The van der Waals surface area contributed by atoms with Crippen molar-refractivity contribution in [2.24, 2.45) is 5.92 Å². The van der Waals surface area contributed by atoms with Crippen LogP contribution in [0.1, 0.15) is 38.2 Å². The molecule has 1 fully saturated rings. The van der Waals surface area contributed by atoms with E-state index in [1.165, 1.54) is 5.56 Å². The third-order valence-corrected chi connectivity index (χ3v) is 4.18. The first-order valence-corrected chi connectivity index (χ1v) is 8.09. The van der Waals surface area contributed by atoms with E-state index in [1.54, 1.807) is 7.11 Å². The Labute approximate surface area is 133 Å². The van der Waals surface area contributed by atoms with Gasteiger partial charge in [0.25, 0.3) is 5.91 Å². The summed E-state index contributed by atoms with van der Waals surface area (Å²) in [6, 6.07) is 7.99. The molecular formula is C18H27NO3. The Morgan fingerprint density at radius 3 is 2.68 bits per heavy atom. The Balaban J connectivity index is 1.81. The zero-order valence-electron chi connectivity index (χ0n) is 13.9. The van der Waals surface area contributed by atoms with Crippen molar-refractivity contribution in [3.05, 3.63) is 29.8 Å². The van der Waals surface area contributed by atoms with Crippen molar-refractivity contribution in [2.45, 2.75) is 32.6 Å². The molecule has 4 nitrogen and oxygen atoms in total. The molecule has 0 spiro atoms. The normalized spacial score (nSPS) is 18.5. The van der Waals surface area contributed by atoms with E-state index in [1.807, 2.05) is 17.0 Å². The molecule has 0 bridgehead atoms. The Kier molecular flexibility index (Phi) is 6.25. The first kappa shape index (κ1) is 16.8. The first-order chi connectivity index (χ1) is 10.6. The van der Waals surface area contributed by atoms with Crippen LogP contribution >= 0.6 is 0 Å². The number of rotatable bonds is 6. The van der Waals surface area contributed by atoms with Crippen molar-refractivity contribution in [3.63, 3.8) is 0 Å². The Hall–Kier alpha value is -1.55. The van der Waals surface area contributed by atoms with Crippen LogP contribution in [0.5, 0.6) is 5.75 Å². The van der Waals surface area contributed by atoms with Gasteiger partial charge in [-0.2, -0.15) is 0 Å². The molecule has 1 unspecified atom stereocenters. The summed E-state index contributed by atoms with van der Waals surface area (Å²) in [5, 5.41) is 0. The van der Waals surface area contributed by atoms with Gasteiger partial charge in [-0.3, -0.25) is 4.79 Å². The van der Waals surface area contributed by atoms with Gasteiger partial charge in [0.05, 0.1) is 6.61 Å². The molecule has 0 radical (unpaired) electrons. The maximum Gasteiger partial charge on any atom is 0.260 e. The molecule has 1 atom stereocenters. The summed E-state index contributed by atoms with van der Waals surface area (Å²) in [6.07, 6.45) is 2.18. The molecule has 1 aromatic carbocycles. The average molecular weight is 305 g/mol. The third-order valence-electron chi connectivity index (χ3n) is 4.18. The van der Waals surface area contributed by atoms with Crippen molar-refractivity contribution in [2.75, 3.05) is 33.4 Å². The molecule has 1 heterocycles.